The first kappa shape index (κ1) is 13.4. The topological polar surface area (TPSA) is 73.1 Å². The number of rotatable bonds is 4. The number of anilines is 3. The molecule has 0 fully saturated rings. The lowest BCUT2D eigenvalue weighted by Crippen LogP contribution is -1.91. The number of ether oxygens (including phenoxy) is 1. The van der Waals surface area contributed by atoms with Crippen molar-refractivity contribution in [2.24, 2.45) is 0 Å². The summed E-state index contributed by atoms with van der Waals surface area (Å²) in [6.07, 6.45) is 1.74. The first-order chi connectivity index (χ1) is 10.3. The van der Waals surface area contributed by atoms with E-state index in [0.29, 0.717) is 5.82 Å². The molecule has 0 bridgehead atoms. The third-order valence-electron chi connectivity index (χ3n) is 2.89. The number of benzene rings is 1. The van der Waals surface area contributed by atoms with E-state index in [9.17, 15) is 0 Å². The number of thiazole rings is 1. The first-order valence-corrected chi connectivity index (χ1v) is 7.16. The molecule has 0 spiro atoms. The third-order valence-corrected chi connectivity index (χ3v) is 3.90. The number of nitrogen functional groups attached to an aromatic ring is 1. The fourth-order valence-electron chi connectivity index (χ4n) is 1.86. The number of pyridine rings is 1. The Morgan fingerprint density at radius 2 is 1.95 bits per heavy atom. The van der Waals surface area contributed by atoms with Gasteiger partial charge in [-0.3, -0.25) is 4.98 Å². The first-order valence-electron chi connectivity index (χ1n) is 6.35. The molecule has 0 atom stereocenters. The number of nitrogens with two attached hydrogens (primary N) is 1. The average Bonchev–Trinajstić information content (AvgIpc) is 2.89. The van der Waals surface area contributed by atoms with Gasteiger partial charge in [0.25, 0.3) is 0 Å². The highest BCUT2D eigenvalue weighted by Gasteiger charge is 2.11. The van der Waals surface area contributed by atoms with Gasteiger partial charge in [0.05, 0.1) is 17.7 Å². The molecule has 21 heavy (non-hydrogen) atoms. The predicted octanol–water partition coefficient (Wildman–Crippen LogP) is 3.54. The maximum atomic E-state index is 5.97. The number of hydrogen-bond acceptors (Lipinski definition) is 6. The Balaban J connectivity index is 1.83. The van der Waals surface area contributed by atoms with Crippen molar-refractivity contribution in [3.63, 3.8) is 0 Å². The van der Waals surface area contributed by atoms with E-state index in [1.54, 1.807) is 13.3 Å². The Kier molecular flexibility index (Phi) is 3.70. The Bertz CT molecular complexity index is 725. The lowest BCUT2D eigenvalue weighted by Gasteiger charge is -2.03. The number of nitrogens with zero attached hydrogens (tertiary/aromatic N) is 2. The Labute approximate surface area is 126 Å². The predicted molar refractivity (Wildman–Crippen MR) is 86.0 cm³/mol. The molecule has 2 aromatic heterocycles. The lowest BCUT2D eigenvalue weighted by molar-refractivity contribution is 0.415. The normalized spacial score (nSPS) is 10.3. The molecule has 0 aliphatic rings. The summed E-state index contributed by atoms with van der Waals surface area (Å²) in [6.45, 7) is 0. The molecule has 1 aromatic carbocycles. The molecule has 0 aliphatic heterocycles. The van der Waals surface area contributed by atoms with Gasteiger partial charge in [0.2, 0.25) is 0 Å². The molecule has 5 nitrogen and oxygen atoms in total. The summed E-state index contributed by atoms with van der Waals surface area (Å²) in [6, 6.07) is 13.3. The Morgan fingerprint density at radius 3 is 2.62 bits per heavy atom. The molecule has 0 radical (unpaired) electrons. The molecular formula is C15H14N4OS. The van der Waals surface area contributed by atoms with Gasteiger partial charge in [0.1, 0.15) is 11.6 Å². The van der Waals surface area contributed by atoms with Crippen molar-refractivity contribution in [1.82, 2.24) is 9.97 Å². The molecule has 0 saturated carbocycles. The smallest absolute Gasteiger partial charge is 0.189 e. The van der Waals surface area contributed by atoms with Crippen LogP contribution in [0.25, 0.3) is 10.6 Å². The molecule has 3 rings (SSSR count). The Hall–Kier alpha value is -2.60. The number of aromatic nitrogens is 2. The zero-order valence-corrected chi connectivity index (χ0v) is 12.2. The van der Waals surface area contributed by atoms with Gasteiger partial charge >= 0.3 is 0 Å². The second kappa shape index (κ2) is 5.80. The van der Waals surface area contributed by atoms with Crippen LogP contribution in [0.4, 0.5) is 16.6 Å². The summed E-state index contributed by atoms with van der Waals surface area (Å²) in [4.78, 5) is 9.51. The van der Waals surface area contributed by atoms with E-state index in [4.69, 9.17) is 10.5 Å². The summed E-state index contributed by atoms with van der Waals surface area (Å²) in [5.74, 6) is 1.29. The lowest BCUT2D eigenvalue weighted by atomic mass is 10.3. The minimum Gasteiger partial charge on any atom is -0.497 e. The average molecular weight is 298 g/mol. The summed E-state index contributed by atoms with van der Waals surface area (Å²) in [5, 5.41) is 3.96. The summed E-state index contributed by atoms with van der Waals surface area (Å²) in [5.41, 5.74) is 7.73. The van der Waals surface area contributed by atoms with Crippen molar-refractivity contribution in [2.75, 3.05) is 18.2 Å². The van der Waals surface area contributed by atoms with E-state index in [2.05, 4.69) is 15.3 Å². The van der Waals surface area contributed by atoms with E-state index >= 15 is 0 Å². The summed E-state index contributed by atoms with van der Waals surface area (Å²) < 4.78 is 5.13. The standard InChI is InChI=1S/C15H14N4OS/c1-20-11-7-5-10(6-8-11)18-15-19-14(16)13(21-15)12-4-2-3-9-17-12/h2-9H,16H2,1H3,(H,18,19). The van der Waals surface area contributed by atoms with E-state index < -0.39 is 0 Å². The highest BCUT2D eigenvalue weighted by Crippen LogP contribution is 2.34. The maximum absolute atomic E-state index is 5.97. The quantitative estimate of drug-likeness (QED) is 0.770. The van der Waals surface area contributed by atoms with Gasteiger partial charge in [0.15, 0.2) is 5.13 Å². The van der Waals surface area contributed by atoms with Crippen molar-refractivity contribution < 1.29 is 4.74 Å². The molecule has 3 N–H and O–H groups in total. The number of nitrogens with one attached hydrogen (secondary N) is 1. The van der Waals surface area contributed by atoms with Crippen LogP contribution in [0, 0.1) is 0 Å². The molecule has 3 aromatic rings. The molecular weight excluding hydrogens is 284 g/mol. The molecule has 0 saturated heterocycles. The van der Waals surface area contributed by atoms with Crippen LogP contribution in [-0.4, -0.2) is 17.1 Å². The third kappa shape index (κ3) is 2.95. The van der Waals surface area contributed by atoms with Crippen LogP contribution >= 0.6 is 11.3 Å². The van der Waals surface area contributed by atoms with Gasteiger partial charge in [-0.2, -0.15) is 0 Å². The number of hydrogen-bond donors (Lipinski definition) is 2. The van der Waals surface area contributed by atoms with Crippen LogP contribution in [0.5, 0.6) is 5.75 Å². The summed E-state index contributed by atoms with van der Waals surface area (Å²) in [7, 11) is 1.64. The van der Waals surface area contributed by atoms with Crippen molar-refractivity contribution in [2.45, 2.75) is 0 Å². The van der Waals surface area contributed by atoms with Crippen molar-refractivity contribution >= 4 is 28.0 Å². The van der Waals surface area contributed by atoms with Crippen molar-refractivity contribution in [1.29, 1.82) is 0 Å². The molecule has 6 heteroatoms. The minimum atomic E-state index is 0.481. The van der Waals surface area contributed by atoms with E-state index in [1.165, 1.54) is 11.3 Å². The van der Waals surface area contributed by atoms with E-state index in [1.807, 2.05) is 42.5 Å². The largest absolute Gasteiger partial charge is 0.497 e. The Morgan fingerprint density at radius 1 is 1.14 bits per heavy atom. The maximum Gasteiger partial charge on any atom is 0.189 e. The van der Waals surface area contributed by atoms with Crippen LogP contribution in [0.2, 0.25) is 0 Å². The second-order valence-corrected chi connectivity index (χ2v) is 5.30. The molecule has 0 aliphatic carbocycles. The van der Waals surface area contributed by atoms with Gasteiger partial charge in [-0.15, -0.1) is 0 Å². The van der Waals surface area contributed by atoms with Gasteiger partial charge in [-0.25, -0.2) is 4.98 Å². The minimum absolute atomic E-state index is 0.481. The monoisotopic (exact) mass is 298 g/mol. The summed E-state index contributed by atoms with van der Waals surface area (Å²) >= 11 is 1.48. The van der Waals surface area contributed by atoms with Crippen molar-refractivity contribution in [3.8, 4) is 16.3 Å². The van der Waals surface area contributed by atoms with Crippen LogP contribution in [0.15, 0.2) is 48.7 Å². The van der Waals surface area contributed by atoms with E-state index in [0.717, 1.165) is 27.1 Å². The fraction of sp³-hybridized carbons (Fsp3) is 0.0667. The van der Waals surface area contributed by atoms with Crippen LogP contribution in [-0.2, 0) is 0 Å². The highest BCUT2D eigenvalue weighted by atomic mass is 32.1. The number of methoxy groups -OCH3 is 1. The fourth-order valence-corrected chi connectivity index (χ4v) is 2.75. The molecule has 0 amide bonds. The second-order valence-electron chi connectivity index (χ2n) is 4.30. The molecule has 2 heterocycles. The van der Waals surface area contributed by atoms with Crippen LogP contribution in [0.1, 0.15) is 0 Å². The van der Waals surface area contributed by atoms with Gasteiger partial charge in [-0.05, 0) is 36.4 Å². The SMILES string of the molecule is COc1ccc(Nc2nc(N)c(-c3ccccn3)s2)cc1. The molecule has 0 unspecified atom stereocenters. The van der Waals surface area contributed by atoms with Gasteiger partial charge in [0, 0.05) is 11.9 Å². The van der Waals surface area contributed by atoms with Crippen LogP contribution < -0.4 is 15.8 Å². The zero-order chi connectivity index (χ0) is 14.7. The van der Waals surface area contributed by atoms with Gasteiger partial charge in [-0.1, -0.05) is 17.4 Å². The highest BCUT2D eigenvalue weighted by molar-refractivity contribution is 7.19. The zero-order valence-electron chi connectivity index (χ0n) is 11.4. The van der Waals surface area contributed by atoms with Gasteiger partial charge < -0.3 is 15.8 Å². The van der Waals surface area contributed by atoms with Crippen molar-refractivity contribution in [3.05, 3.63) is 48.7 Å². The van der Waals surface area contributed by atoms with E-state index in [-0.39, 0.29) is 0 Å². The van der Waals surface area contributed by atoms with Crippen LogP contribution in [0.3, 0.4) is 0 Å². The molecule has 106 valence electrons.